The van der Waals surface area contributed by atoms with Gasteiger partial charge in [-0.25, -0.2) is 0 Å². The molecule has 0 radical (unpaired) electrons. The van der Waals surface area contributed by atoms with Crippen molar-refractivity contribution in [2.24, 2.45) is 0 Å². The molecule has 5 nitrogen and oxygen atoms in total. The van der Waals surface area contributed by atoms with Crippen molar-refractivity contribution < 1.29 is 24.5 Å². The van der Waals surface area contributed by atoms with Crippen LogP contribution in [0.1, 0.15) is 125 Å². The van der Waals surface area contributed by atoms with E-state index in [4.69, 9.17) is 9.47 Å². The van der Waals surface area contributed by atoms with Gasteiger partial charge in [0.2, 0.25) is 0 Å². The molecule has 36 heavy (non-hydrogen) atoms. The first kappa shape index (κ1) is 27.9. The van der Waals surface area contributed by atoms with Crippen molar-refractivity contribution in [1.82, 2.24) is 0 Å². The van der Waals surface area contributed by atoms with Gasteiger partial charge in [-0.2, -0.15) is 0 Å². The van der Waals surface area contributed by atoms with Gasteiger partial charge in [0, 0.05) is 12.1 Å². The van der Waals surface area contributed by atoms with Crippen molar-refractivity contribution in [3.05, 3.63) is 47.5 Å². The van der Waals surface area contributed by atoms with E-state index < -0.39 is 6.10 Å². The molecule has 1 atom stereocenters. The molecule has 0 unspecified atom stereocenters. The van der Waals surface area contributed by atoms with Crippen molar-refractivity contribution in [2.75, 3.05) is 6.61 Å². The third-order valence-electron chi connectivity index (χ3n) is 7.01. The molecule has 1 heterocycles. The van der Waals surface area contributed by atoms with E-state index in [0.29, 0.717) is 18.1 Å². The molecular weight excluding hydrogens is 452 g/mol. The van der Waals surface area contributed by atoms with Gasteiger partial charge in [0.25, 0.3) is 0 Å². The third-order valence-corrected chi connectivity index (χ3v) is 7.01. The van der Waals surface area contributed by atoms with E-state index in [1.54, 1.807) is 30.3 Å². The summed E-state index contributed by atoms with van der Waals surface area (Å²) < 4.78 is 11.9. The molecule has 2 aromatic carbocycles. The zero-order valence-electron chi connectivity index (χ0n) is 22.0. The Balaban J connectivity index is 1.31. The second-order valence-electron chi connectivity index (χ2n) is 10.1. The summed E-state index contributed by atoms with van der Waals surface area (Å²) in [6.07, 6.45) is 18.1. The van der Waals surface area contributed by atoms with Gasteiger partial charge in [-0.15, -0.1) is 0 Å². The molecule has 0 aliphatic carbocycles. The van der Waals surface area contributed by atoms with Crippen LogP contribution in [-0.4, -0.2) is 22.6 Å². The van der Waals surface area contributed by atoms with Crippen LogP contribution in [0.5, 0.6) is 23.0 Å². The lowest BCUT2D eigenvalue weighted by atomic mass is 9.95. The number of hydrogen-bond acceptors (Lipinski definition) is 5. The maximum atomic E-state index is 12.6. The van der Waals surface area contributed by atoms with Crippen LogP contribution < -0.4 is 9.47 Å². The van der Waals surface area contributed by atoms with E-state index in [1.165, 1.54) is 83.1 Å². The summed E-state index contributed by atoms with van der Waals surface area (Å²) in [5.74, 6) is 0.765. The highest BCUT2D eigenvalue weighted by atomic mass is 16.5. The number of ether oxygens (including phenoxy) is 2. The molecule has 2 aromatic rings. The molecule has 0 fully saturated rings. The minimum absolute atomic E-state index is 0.0994. The Bertz CT molecular complexity index is 921. The minimum Gasteiger partial charge on any atom is -0.508 e. The number of aromatic hydroxyl groups is 2. The van der Waals surface area contributed by atoms with Crippen LogP contribution in [0.15, 0.2) is 36.4 Å². The fourth-order valence-corrected chi connectivity index (χ4v) is 4.86. The number of benzene rings is 2. The number of phenolic OH excluding ortho intramolecular Hbond substituents is 2. The molecule has 1 aliphatic rings. The lowest BCUT2D eigenvalue weighted by Crippen LogP contribution is -2.20. The van der Waals surface area contributed by atoms with Crippen molar-refractivity contribution in [3.63, 3.8) is 0 Å². The highest BCUT2D eigenvalue weighted by Crippen LogP contribution is 2.42. The highest BCUT2D eigenvalue weighted by Gasteiger charge is 2.31. The average Bonchev–Trinajstić information content (AvgIpc) is 2.86. The van der Waals surface area contributed by atoms with Crippen molar-refractivity contribution >= 4 is 5.78 Å². The second-order valence-corrected chi connectivity index (χ2v) is 10.1. The quantitative estimate of drug-likeness (QED) is 0.214. The van der Waals surface area contributed by atoms with Gasteiger partial charge in [0.1, 0.15) is 34.7 Å². The summed E-state index contributed by atoms with van der Waals surface area (Å²) in [6.45, 7) is 2.84. The summed E-state index contributed by atoms with van der Waals surface area (Å²) in [4.78, 5) is 12.6. The summed E-state index contributed by atoms with van der Waals surface area (Å²) >= 11 is 0. The Morgan fingerprint density at radius 1 is 0.806 bits per heavy atom. The van der Waals surface area contributed by atoms with Gasteiger partial charge >= 0.3 is 0 Å². The molecule has 2 N–H and O–H groups in total. The maximum Gasteiger partial charge on any atom is 0.174 e. The van der Waals surface area contributed by atoms with Crippen LogP contribution in [0.3, 0.4) is 0 Å². The Hall–Kier alpha value is -2.69. The molecule has 0 amide bonds. The van der Waals surface area contributed by atoms with Crippen molar-refractivity contribution in [2.45, 2.75) is 109 Å². The molecule has 1 aliphatic heterocycles. The first-order chi connectivity index (χ1) is 17.6. The van der Waals surface area contributed by atoms with Crippen LogP contribution in [0.4, 0.5) is 0 Å². The Morgan fingerprint density at radius 3 is 1.94 bits per heavy atom. The molecule has 3 rings (SSSR count). The Labute approximate surface area is 216 Å². The standard InChI is InChI=1S/C31H44O5/c1-2-3-4-5-6-7-8-9-10-11-12-13-14-15-20-35-26-21-27(33)31-28(34)23-29(36-30(31)22-26)24-16-18-25(32)19-17-24/h16-19,21-22,29,32-33H,2-15,20,23H2,1H3/t29-/m0/s1. The van der Waals surface area contributed by atoms with Gasteiger partial charge in [-0.05, 0) is 24.1 Å². The van der Waals surface area contributed by atoms with Crippen LogP contribution in [0.2, 0.25) is 0 Å². The number of phenols is 2. The van der Waals surface area contributed by atoms with E-state index in [1.807, 2.05) is 0 Å². The molecule has 0 spiro atoms. The predicted molar refractivity (Wildman–Crippen MR) is 144 cm³/mol. The molecule has 5 heteroatoms. The van der Waals surface area contributed by atoms with E-state index >= 15 is 0 Å². The summed E-state index contributed by atoms with van der Waals surface area (Å²) in [6, 6.07) is 9.84. The monoisotopic (exact) mass is 496 g/mol. The minimum atomic E-state index is -0.453. The zero-order chi connectivity index (χ0) is 25.6. The molecule has 0 saturated carbocycles. The number of hydrogen-bond donors (Lipinski definition) is 2. The van der Waals surface area contributed by atoms with Crippen molar-refractivity contribution in [3.8, 4) is 23.0 Å². The number of ketones is 1. The fourth-order valence-electron chi connectivity index (χ4n) is 4.86. The number of carbonyl (C=O) groups excluding carboxylic acids is 1. The zero-order valence-corrected chi connectivity index (χ0v) is 22.0. The third kappa shape index (κ3) is 9.07. The largest absolute Gasteiger partial charge is 0.508 e. The van der Waals surface area contributed by atoms with Gasteiger partial charge in [0.15, 0.2) is 5.78 Å². The summed E-state index contributed by atoms with van der Waals surface area (Å²) in [5, 5.41) is 19.9. The van der Waals surface area contributed by atoms with Crippen LogP contribution in [0.25, 0.3) is 0 Å². The molecule has 0 bridgehead atoms. The van der Waals surface area contributed by atoms with E-state index in [0.717, 1.165) is 18.4 Å². The van der Waals surface area contributed by atoms with E-state index in [-0.39, 0.29) is 29.3 Å². The lowest BCUT2D eigenvalue weighted by Gasteiger charge is -2.26. The second kappa shape index (κ2) is 15.4. The number of unbranched alkanes of at least 4 members (excludes halogenated alkanes) is 13. The number of fused-ring (bicyclic) bond motifs is 1. The molecule has 0 aromatic heterocycles. The van der Waals surface area contributed by atoms with Crippen molar-refractivity contribution in [1.29, 1.82) is 0 Å². The normalized spacial score (nSPS) is 14.9. The van der Waals surface area contributed by atoms with Gasteiger partial charge < -0.3 is 19.7 Å². The van der Waals surface area contributed by atoms with Gasteiger partial charge in [-0.1, -0.05) is 103 Å². The molecular formula is C31H44O5. The summed E-state index contributed by atoms with van der Waals surface area (Å²) in [7, 11) is 0. The predicted octanol–water partition coefficient (Wildman–Crippen LogP) is 8.66. The Kier molecular flexibility index (Phi) is 12.0. The summed E-state index contributed by atoms with van der Waals surface area (Å²) in [5.41, 5.74) is 1.02. The fraction of sp³-hybridized carbons (Fsp3) is 0.581. The smallest absolute Gasteiger partial charge is 0.174 e. The van der Waals surface area contributed by atoms with E-state index in [9.17, 15) is 15.0 Å². The number of rotatable bonds is 17. The van der Waals surface area contributed by atoms with Crippen LogP contribution in [-0.2, 0) is 0 Å². The SMILES string of the molecule is CCCCCCCCCCCCCCCCOc1cc(O)c2c(c1)O[C@H](c1ccc(O)cc1)CC2=O. The van der Waals surface area contributed by atoms with Gasteiger partial charge in [-0.3, -0.25) is 4.79 Å². The van der Waals surface area contributed by atoms with Gasteiger partial charge in [0.05, 0.1) is 13.0 Å². The maximum absolute atomic E-state index is 12.6. The lowest BCUT2D eigenvalue weighted by molar-refractivity contribution is 0.0844. The first-order valence-corrected chi connectivity index (χ1v) is 14.1. The van der Waals surface area contributed by atoms with Crippen LogP contribution >= 0.6 is 0 Å². The average molecular weight is 497 g/mol. The molecule has 198 valence electrons. The molecule has 0 saturated heterocycles. The van der Waals surface area contributed by atoms with E-state index in [2.05, 4.69) is 6.92 Å². The first-order valence-electron chi connectivity index (χ1n) is 14.1. The number of carbonyl (C=O) groups is 1. The number of Topliss-reactive ketones (excluding diaryl/α,β-unsaturated/α-hetero) is 1. The Morgan fingerprint density at radius 2 is 1.36 bits per heavy atom. The highest BCUT2D eigenvalue weighted by molar-refractivity contribution is 6.02. The topological polar surface area (TPSA) is 76.0 Å². The van der Waals surface area contributed by atoms with Crippen LogP contribution in [0, 0.1) is 0 Å².